The van der Waals surface area contributed by atoms with Gasteiger partial charge in [0.25, 0.3) is 0 Å². The van der Waals surface area contributed by atoms with Crippen molar-refractivity contribution >= 4 is 11.8 Å². The molecule has 0 aliphatic carbocycles. The molecule has 1 unspecified atom stereocenters. The molecular weight excluding hydrogens is 272 g/mol. The third-order valence-corrected chi connectivity index (χ3v) is 3.27. The zero-order chi connectivity index (χ0) is 15.2. The molecule has 1 aliphatic rings. The van der Waals surface area contributed by atoms with Crippen LogP contribution in [0.1, 0.15) is 19.8 Å². The first-order chi connectivity index (χ1) is 10.1. The Hall–Kier alpha value is -2.08. The van der Waals surface area contributed by atoms with Crippen molar-refractivity contribution in [2.24, 2.45) is 5.73 Å². The Bertz CT molecular complexity index is 518. The summed E-state index contributed by atoms with van der Waals surface area (Å²) in [5.41, 5.74) is 5.67. The topological polar surface area (TPSA) is 81.9 Å². The van der Waals surface area contributed by atoms with Gasteiger partial charge >= 0.3 is 0 Å². The van der Waals surface area contributed by atoms with Crippen LogP contribution in [0.3, 0.4) is 0 Å². The van der Waals surface area contributed by atoms with Gasteiger partial charge in [-0.25, -0.2) is 0 Å². The highest BCUT2D eigenvalue weighted by Gasteiger charge is 2.31. The molecule has 0 bridgehead atoms. The van der Waals surface area contributed by atoms with E-state index in [-0.39, 0.29) is 25.0 Å². The maximum atomic E-state index is 11.8. The number of benzene rings is 1. The molecule has 1 atom stereocenters. The molecule has 114 valence electrons. The second kappa shape index (κ2) is 7.08. The summed E-state index contributed by atoms with van der Waals surface area (Å²) in [6.07, 6.45) is 0.727. The first kappa shape index (κ1) is 15.3. The molecule has 1 saturated heterocycles. The lowest BCUT2D eigenvalue weighted by Gasteiger charge is -2.28. The molecule has 0 saturated carbocycles. The molecule has 6 heteroatoms. The molecule has 2 N–H and O–H groups in total. The number of hydrogen-bond acceptors (Lipinski definition) is 5. The maximum Gasteiger partial charge on any atom is 0.246 e. The normalized spacial score (nSPS) is 18.8. The fourth-order valence-electron chi connectivity index (χ4n) is 2.19. The smallest absolute Gasteiger partial charge is 0.246 e. The third kappa shape index (κ3) is 3.72. The lowest BCUT2D eigenvalue weighted by molar-refractivity contribution is -0.149. The predicted octanol–water partition coefficient (Wildman–Crippen LogP) is 0.940. The molecule has 1 aromatic carbocycles. The first-order valence-corrected chi connectivity index (χ1v) is 7.08. The van der Waals surface area contributed by atoms with E-state index in [1.165, 1.54) is 4.90 Å². The van der Waals surface area contributed by atoms with Gasteiger partial charge in [0.15, 0.2) is 11.5 Å². The number of nitrogens with two attached hydrogens (primary N) is 1. The highest BCUT2D eigenvalue weighted by Crippen LogP contribution is 2.26. The summed E-state index contributed by atoms with van der Waals surface area (Å²) < 4.78 is 11.1. The second-order valence-electron chi connectivity index (χ2n) is 4.76. The maximum absolute atomic E-state index is 11.8. The van der Waals surface area contributed by atoms with Crippen molar-refractivity contribution in [3.8, 4) is 11.5 Å². The van der Waals surface area contributed by atoms with Crippen molar-refractivity contribution in [2.45, 2.75) is 25.8 Å². The van der Waals surface area contributed by atoms with Gasteiger partial charge in [0, 0.05) is 6.42 Å². The van der Waals surface area contributed by atoms with Crippen LogP contribution in [0.25, 0.3) is 0 Å². The van der Waals surface area contributed by atoms with E-state index in [2.05, 4.69) is 0 Å². The molecule has 2 rings (SSSR count). The Morgan fingerprint density at radius 2 is 1.90 bits per heavy atom. The van der Waals surface area contributed by atoms with E-state index in [1.54, 1.807) is 6.07 Å². The number of ether oxygens (including phenoxy) is 2. The van der Waals surface area contributed by atoms with Gasteiger partial charge in [-0.1, -0.05) is 12.1 Å². The van der Waals surface area contributed by atoms with E-state index in [0.717, 1.165) is 0 Å². The van der Waals surface area contributed by atoms with Crippen molar-refractivity contribution in [2.75, 3.05) is 19.8 Å². The minimum atomic E-state index is -0.585. The highest BCUT2D eigenvalue weighted by molar-refractivity contribution is 6.00. The fourth-order valence-corrected chi connectivity index (χ4v) is 2.19. The Balaban J connectivity index is 1.92. The van der Waals surface area contributed by atoms with Crippen molar-refractivity contribution in [3.63, 3.8) is 0 Å². The molecule has 21 heavy (non-hydrogen) atoms. The molecule has 1 aromatic rings. The fraction of sp³-hybridized carbons (Fsp3) is 0.467. The summed E-state index contributed by atoms with van der Waals surface area (Å²) in [4.78, 5) is 24.8. The molecule has 1 heterocycles. The van der Waals surface area contributed by atoms with Crippen molar-refractivity contribution in [1.82, 2.24) is 4.90 Å². The quantitative estimate of drug-likeness (QED) is 0.789. The number of nitrogens with zero attached hydrogens (tertiary/aromatic N) is 1. The number of hydrogen-bond donors (Lipinski definition) is 1. The van der Waals surface area contributed by atoms with Crippen LogP contribution in [0, 0.1) is 0 Å². The van der Waals surface area contributed by atoms with Gasteiger partial charge in [-0.05, 0) is 25.5 Å². The summed E-state index contributed by atoms with van der Waals surface area (Å²) in [6, 6.07) is 6.71. The molecule has 2 amide bonds. The number of piperidine rings is 1. The number of rotatable bonds is 6. The number of imide groups is 1. The van der Waals surface area contributed by atoms with Crippen LogP contribution in [-0.4, -0.2) is 42.5 Å². The lowest BCUT2D eigenvalue weighted by atomic mass is 10.1. The Labute approximate surface area is 123 Å². The highest BCUT2D eigenvalue weighted by atomic mass is 16.5. The first-order valence-electron chi connectivity index (χ1n) is 7.08. The van der Waals surface area contributed by atoms with E-state index >= 15 is 0 Å². The third-order valence-electron chi connectivity index (χ3n) is 3.27. The van der Waals surface area contributed by atoms with Crippen LogP contribution in [0.5, 0.6) is 11.5 Å². The molecule has 1 fully saturated rings. The summed E-state index contributed by atoms with van der Waals surface area (Å²) in [5, 5.41) is 0. The van der Waals surface area contributed by atoms with E-state index in [1.807, 2.05) is 25.1 Å². The number of likely N-dealkylation sites (tertiary alicyclic amines) is 1. The van der Waals surface area contributed by atoms with Gasteiger partial charge in [-0.2, -0.15) is 0 Å². The van der Waals surface area contributed by atoms with Crippen LogP contribution in [-0.2, 0) is 9.59 Å². The Kier molecular flexibility index (Phi) is 5.16. The molecule has 1 aliphatic heterocycles. The second-order valence-corrected chi connectivity index (χ2v) is 4.76. The van der Waals surface area contributed by atoms with E-state index in [4.69, 9.17) is 15.2 Å². The number of carbonyl (C=O) groups is 2. The van der Waals surface area contributed by atoms with Crippen molar-refractivity contribution in [1.29, 1.82) is 0 Å². The van der Waals surface area contributed by atoms with Crippen LogP contribution < -0.4 is 15.2 Å². The number of carbonyl (C=O) groups excluding carboxylic acids is 2. The number of amides is 2. The van der Waals surface area contributed by atoms with Gasteiger partial charge in [0.05, 0.1) is 19.2 Å². The van der Waals surface area contributed by atoms with Gasteiger partial charge in [0.2, 0.25) is 11.8 Å². The van der Waals surface area contributed by atoms with Gasteiger partial charge in [-0.15, -0.1) is 0 Å². The van der Waals surface area contributed by atoms with E-state index < -0.39 is 6.04 Å². The summed E-state index contributed by atoms with van der Waals surface area (Å²) in [5.74, 6) is 0.727. The van der Waals surface area contributed by atoms with Gasteiger partial charge in [-0.3, -0.25) is 14.5 Å². The zero-order valence-corrected chi connectivity index (χ0v) is 12.1. The van der Waals surface area contributed by atoms with E-state index in [0.29, 0.717) is 30.9 Å². The van der Waals surface area contributed by atoms with Crippen molar-refractivity contribution < 1.29 is 19.1 Å². The molecule has 0 radical (unpaired) electrons. The summed E-state index contributed by atoms with van der Waals surface area (Å²) in [7, 11) is 0. The predicted molar refractivity (Wildman–Crippen MR) is 77.0 cm³/mol. The molecule has 0 spiro atoms. The molecular formula is C15H20N2O4. The van der Waals surface area contributed by atoms with Gasteiger partial charge in [0.1, 0.15) is 6.61 Å². The van der Waals surface area contributed by atoms with Crippen LogP contribution in [0.2, 0.25) is 0 Å². The van der Waals surface area contributed by atoms with Gasteiger partial charge < -0.3 is 15.2 Å². The average molecular weight is 292 g/mol. The van der Waals surface area contributed by atoms with Crippen LogP contribution in [0.4, 0.5) is 0 Å². The zero-order valence-electron chi connectivity index (χ0n) is 12.1. The lowest BCUT2D eigenvalue weighted by Crippen LogP contribution is -2.52. The summed E-state index contributed by atoms with van der Waals surface area (Å²) in [6.45, 7) is 2.85. The SMILES string of the molecule is CCOc1ccccc1OCCN1C(=O)CCC(N)C1=O. The Morgan fingerprint density at radius 1 is 1.24 bits per heavy atom. The monoisotopic (exact) mass is 292 g/mol. The Morgan fingerprint density at radius 3 is 2.57 bits per heavy atom. The van der Waals surface area contributed by atoms with E-state index in [9.17, 15) is 9.59 Å². The molecule has 0 aromatic heterocycles. The summed E-state index contributed by atoms with van der Waals surface area (Å²) >= 11 is 0. The number of para-hydroxylation sites is 2. The average Bonchev–Trinajstić information content (AvgIpc) is 2.49. The van der Waals surface area contributed by atoms with Crippen LogP contribution >= 0.6 is 0 Å². The minimum absolute atomic E-state index is 0.191. The standard InChI is InChI=1S/C15H20N2O4/c1-2-20-12-5-3-4-6-13(12)21-10-9-17-14(18)8-7-11(16)15(17)19/h3-6,11H,2,7-10,16H2,1H3. The van der Waals surface area contributed by atoms with Crippen LogP contribution in [0.15, 0.2) is 24.3 Å². The molecule has 6 nitrogen and oxygen atoms in total. The minimum Gasteiger partial charge on any atom is -0.490 e. The van der Waals surface area contributed by atoms with Crippen molar-refractivity contribution in [3.05, 3.63) is 24.3 Å². The largest absolute Gasteiger partial charge is 0.490 e.